The average molecular weight is 389 g/mol. The third-order valence-corrected chi connectivity index (χ3v) is 4.96. The molecule has 1 aliphatic rings. The maximum Gasteiger partial charge on any atom is 0.416 e. The Labute approximate surface area is 152 Å². The lowest BCUT2D eigenvalue weighted by Crippen LogP contribution is -2.45. The van der Waals surface area contributed by atoms with Crippen LogP contribution in [0.3, 0.4) is 0 Å². The number of anilines is 1. The van der Waals surface area contributed by atoms with Gasteiger partial charge < -0.3 is 15.5 Å². The van der Waals surface area contributed by atoms with Crippen molar-refractivity contribution in [3.8, 4) is 0 Å². The summed E-state index contributed by atoms with van der Waals surface area (Å²) >= 11 is 1.02. The molecule has 26 heavy (non-hydrogen) atoms. The Morgan fingerprint density at radius 3 is 2.58 bits per heavy atom. The zero-order valence-electron chi connectivity index (χ0n) is 14.3. The first-order chi connectivity index (χ1) is 12.0. The van der Waals surface area contributed by atoms with Gasteiger partial charge in [-0.15, -0.1) is 11.8 Å². The van der Waals surface area contributed by atoms with E-state index >= 15 is 0 Å². The number of alkyl halides is 3. The fourth-order valence-corrected chi connectivity index (χ4v) is 3.47. The number of fused-ring (bicyclic) bond motifs is 1. The average Bonchev–Trinajstić information content (AvgIpc) is 2.53. The summed E-state index contributed by atoms with van der Waals surface area (Å²) in [5.41, 5.74) is -0.785. The normalized spacial score (nSPS) is 17.8. The molecule has 2 N–H and O–H groups in total. The highest BCUT2D eigenvalue weighted by Crippen LogP contribution is 2.40. The van der Waals surface area contributed by atoms with E-state index in [9.17, 15) is 27.6 Å². The standard InChI is InChI=1S/C16H18F3N3O3S/c1-8(15(25)22(2)3)20-13(23)7-12-14(24)21-10-6-9(16(17,18)19)4-5-11(10)26-12/h4-6,8,12H,7H2,1-3H3,(H,20,23)(H,21,24)/t8-,12-/m0/s1. The van der Waals surface area contributed by atoms with E-state index in [1.165, 1.54) is 17.9 Å². The first-order valence-electron chi connectivity index (χ1n) is 7.68. The molecule has 1 aromatic rings. The van der Waals surface area contributed by atoms with E-state index in [1.54, 1.807) is 14.1 Å². The zero-order valence-corrected chi connectivity index (χ0v) is 15.1. The highest BCUT2D eigenvalue weighted by Gasteiger charge is 2.34. The Morgan fingerprint density at radius 1 is 1.35 bits per heavy atom. The van der Waals surface area contributed by atoms with Crippen LogP contribution >= 0.6 is 11.8 Å². The molecule has 0 aromatic heterocycles. The summed E-state index contributed by atoms with van der Waals surface area (Å²) in [4.78, 5) is 37.7. The number of nitrogens with one attached hydrogen (secondary N) is 2. The van der Waals surface area contributed by atoms with Crippen LogP contribution in [0.15, 0.2) is 23.1 Å². The summed E-state index contributed by atoms with van der Waals surface area (Å²) in [5.74, 6) is -1.33. The van der Waals surface area contributed by atoms with Crippen molar-refractivity contribution in [1.29, 1.82) is 0 Å². The molecule has 1 aromatic carbocycles. The molecule has 2 rings (SSSR count). The Bertz CT molecular complexity index is 737. The van der Waals surface area contributed by atoms with Crippen molar-refractivity contribution < 1.29 is 27.6 Å². The largest absolute Gasteiger partial charge is 0.416 e. The third-order valence-electron chi connectivity index (χ3n) is 3.69. The Kier molecular flexibility index (Phi) is 5.84. The lowest BCUT2D eigenvalue weighted by Gasteiger charge is -2.25. The van der Waals surface area contributed by atoms with Crippen LogP contribution in [0.4, 0.5) is 18.9 Å². The minimum Gasteiger partial charge on any atom is -0.347 e. The molecule has 1 heterocycles. The molecular formula is C16H18F3N3O3S. The third kappa shape index (κ3) is 4.69. The molecule has 3 amide bonds. The predicted octanol–water partition coefficient (Wildman–Crippen LogP) is 2.10. The molecule has 0 fully saturated rings. The van der Waals surface area contributed by atoms with Crippen molar-refractivity contribution in [1.82, 2.24) is 10.2 Å². The van der Waals surface area contributed by atoms with Gasteiger partial charge in [-0.25, -0.2) is 0 Å². The summed E-state index contributed by atoms with van der Waals surface area (Å²) < 4.78 is 38.2. The van der Waals surface area contributed by atoms with E-state index in [0.29, 0.717) is 4.90 Å². The zero-order chi connectivity index (χ0) is 19.6. The van der Waals surface area contributed by atoms with Crippen LogP contribution in [0.2, 0.25) is 0 Å². The molecule has 0 aliphatic carbocycles. The van der Waals surface area contributed by atoms with Crippen molar-refractivity contribution in [3.63, 3.8) is 0 Å². The van der Waals surface area contributed by atoms with Crippen LogP contribution in [-0.4, -0.2) is 48.0 Å². The van der Waals surface area contributed by atoms with Crippen molar-refractivity contribution in [2.24, 2.45) is 0 Å². The molecule has 0 spiro atoms. The fourth-order valence-electron chi connectivity index (χ4n) is 2.38. The Morgan fingerprint density at radius 2 is 2.00 bits per heavy atom. The number of hydrogen-bond donors (Lipinski definition) is 2. The van der Waals surface area contributed by atoms with Gasteiger partial charge in [-0.3, -0.25) is 14.4 Å². The van der Waals surface area contributed by atoms with Gasteiger partial charge in [-0.2, -0.15) is 13.2 Å². The van der Waals surface area contributed by atoms with E-state index in [-0.39, 0.29) is 18.0 Å². The molecule has 142 valence electrons. The summed E-state index contributed by atoms with van der Waals surface area (Å²) in [7, 11) is 3.11. The van der Waals surface area contributed by atoms with Crippen LogP contribution in [0, 0.1) is 0 Å². The van der Waals surface area contributed by atoms with Gasteiger partial charge in [0.05, 0.1) is 16.5 Å². The van der Waals surface area contributed by atoms with Crippen LogP contribution in [0.5, 0.6) is 0 Å². The summed E-state index contributed by atoms with van der Waals surface area (Å²) in [6.45, 7) is 1.53. The van der Waals surface area contributed by atoms with Gasteiger partial charge in [0.2, 0.25) is 17.7 Å². The molecule has 0 unspecified atom stereocenters. The Balaban J connectivity index is 2.04. The van der Waals surface area contributed by atoms with Crippen molar-refractivity contribution >= 4 is 35.2 Å². The summed E-state index contributed by atoms with van der Waals surface area (Å²) in [5, 5.41) is 4.13. The monoisotopic (exact) mass is 389 g/mol. The number of nitrogens with zero attached hydrogens (tertiary/aromatic N) is 1. The van der Waals surface area contributed by atoms with Gasteiger partial charge in [-0.05, 0) is 25.1 Å². The van der Waals surface area contributed by atoms with Gasteiger partial charge >= 0.3 is 6.18 Å². The smallest absolute Gasteiger partial charge is 0.347 e. The minimum absolute atomic E-state index is 0.0719. The van der Waals surface area contributed by atoms with Crippen molar-refractivity contribution in [2.45, 2.75) is 35.7 Å². The number of benzene rings is 1. The molecule has 0 saturated carbocycles. The molecule has 0 radical (unpaired) electrons. The number of amides is 3. The van der Waals surface area contributed by atoms with Crippen LogP contribution < -0.4 is 10.6 Å². The SMILES string of the molecule is C[C@H](NC(=O)C[C@@H]1Sc2ccc(C(F)(F)F)cc2NC1=O)C(=O)N(C)C. The molecule has 0 bridgehead atoms. The second-order valence-corrected chi connectivity index (χ2v) is 7.27. The van der Waals surface area contributed by atoms with Gasteiger partial charge in [0.1, 0.15) is 6.04 Å². The van der Waals surface area contributed by atoms with E-state index in [0.717, 1.165) is 23.9 Å². The minimum atomic E-state index is -4.50. The van der Waals surface area contributed by atoms with Crippen LogP contribution in [0.25, 0.3) is 0 Å². The van der Waals surface area contributed by atoms with Crippen LogP contribution in [0.1, 0.15) is 18.9 Å². The van der Waals surface area contributed by atoms with Crippen molar-refractivity contribution in [3.05, 3.63) is 23.8 Å². The number of hydrogen-bond acceptors (Lipinski definition) is 4. The first kappa shape index (κ1) is 20.1. The van der Waals surface area contributed by atoms with Gasteiger partial charge in [-0.1, -0.05) is 0 Å². The van der Waals surface area contributed by atoms with Gasteiger partial charge in [0, 0.05) is 25.4 Å². The first-order valence-corrected chi connectivity index (χ1v) is 8.56. The molecule has 10 heteroatoms. The number of likely N-dealkylation sites (N-methyl/N-ethyl adjacent to an activating group) is 1. The van der Waals surface area contributed by atoms with Crippen molar-refractivity contribution in [2.75, 3.05) is 19.4 Å². The predicted molar refractivity (Wildman–Crippen MR) is 90.6 cm³/mol. The number of carbonyl (C=O) groups is 3. The van der Waals surface area contributed by atoms with E-state index in [1.807, 2.05) is 0 Å². The topological polar surface area (TPSA) is 78.5 Å². The number of carbonyl (C=O) groups excluding carboxylic acids is 3. The lowest BCUT2D eigenvalue weighted by molar-refractivity contribution is -0.137. The maximum absolute atomic E-state index is 12.7. The van der Waals surface area contributed by atoms with E-state index < -0.39 is 34.8 Å². The Hall–Kier alpha value is -2.23. The molecular weight excluding hydrogens is 371 g/mol. The summed E-state index contributed by atoms with van der Waals surface area (Å²) in [6.07, 6.45) is -4.70. The number of halogens is 3. The van der Waals surface area contributed by atoms with Crippen LogP contribution in [-0.2, 0) is 20.6 Å². The van der Waals surface area contributed by atoms with Gasteiger partial charge in [0.15, 0.2) is 0 Å². The highest BCUT2D eigenvalue weighted by molar-refractivity contribution is 8.01. The highest BCUT2D eigenvalue weighted by atomic mass is 32.2. The van der Waals surface area contributed by atoms with E-state index in [2.05, 4.69) is 10.6 Å². The molecule has 0 saturated heterocycles. The maximum atomic E-state index is 12.7. The quantitative estimate of drug-likeness (QED) is 0.827. The molecule has 6 nitrogen and oxygen atoms in total. The van der Waals surface area contributed by atoms with Gasteiger partial charge in [0.25, 0.3) is 0 Å². The molecule has 2 atom stereocenters. The number of thioether (sulfide) groups is 1. The summed E-state index contributed by atoms with van der Waals surface area (Å²) in [6, 6.07) is 2.33. The van der Waals surface area contributed by atoms with E-state index in [4.69, 9.17) is 0 Å². The second kappa shape index (κ2) is 7.56. The number of rotatable bonds is 4. The second-order valence-electron chi connectivity index (χ2n) is 6.03. The molecule has 1 aliphatic heterocycles. The fraction of sp³-hybridized carbons (Fsp3) is 0.438. The lowest BCUT2D eigenvalue weighted by atomic mass is 10.1.